The van der Waals surface area contributed by atoms with Gasteiger partial charge in [-0.25, -0.2) is 17.9 Å². The topological polar surface area (TPSA) is 72.5 Å². The van der Waals surface area contributed by atoms with E-state index in [0.29, 0.717) is 5.56 Å². The van der Waals surface area contributed by atoms with Crippen molar-refractivity contribution in [1.29, 1.82) is 0 Å². The molecule has 0 radical (unpaired) electrons. The van der Waals surface area contributed by atoms with E-state index < -0.39 is 22.0 Å². The number of rotatable bonds is 5. The maximum Gasteiger partial charge on any atom is 0.338 e. The summed E-state index contributed by atoms with van der Waals surface area (Å²) < 4.78 is 32.9. The molecule has 1 atom stereocenters. The van der Waals surface area contributed by atoms with Crippen LogP contribution >= 0.6 is 0 Å². The van der Waals surface area contributed by atoms with Gasteiger partial charge in [0.15, 0.2) is 0 Å². The summed E-state index contributed by atoms with van der Waals surface area (Å²) in [5.41, 5.74) is 2.98. The van der Waals surface area contributed by atoms with Crippen LogP contribution in [0.15, 0.2) is 47.4 Å². The zero-order valence-electron chi connectivity index (χ0n) is 16.7. The van der Waals surface area contributed by atoms with Gasteiger partial charge in [0.2, 0.25) is 10.0 Å². The van der Waals surface area contributed by atoms with Crippen molar-refractivity contribution in [3.63, 3.8) is 0 Å². The van der Waals surface area contributed by atoms with Gasteiger partial charge in [-0.05, 0) is 48.1 Å². The summed E-state index contributed by atoms with van der Waals surface area (Å²) >= 11 is 0. The van der Waals surface area contributed by atoms with E-state index in [0.717, 1.165) is 5.56 Å². The van der Waals surface area contributed by atoms with Gasteiger partial charge in [0, 0.05) is 6.04 Å². The van der Waals surface area contributed by atoms with Gasteiger partial charge in [-0.1, -0.05) is 51.1 Å². The van der Waals surface area contributed by atoms with Gasteiger partial charge in [-0.3, -0.25) is 0 Å². The van der Waals surface area contributed by atoms with Crippen LogP contribution in [0.5, 0.6) is 0 Å². The van der Waals surface area contributed by atoms with Crippen molar-refractivity contribution in [2.75, 3.05) is 7.11 Å². The van der Waals surface area contributed by atoms with Crippen molar-refractivity contribution in [2.24, 2.45) is 0 Å². The van der Waals surface area contributed by atoms with E-state index in [1.54, 1.807) is 19.9 Å². The van der Waals surface area contributed by atoms with E-state index in [1.807, 2.05) is 24.3 Å². The smallest absolute Gasteiger partial charge is 0.338 e. The lowest BCUT2D eigenvalue weighted by Gasteiger charge is -2.21. The molecule has 0 saturated heterocycles. The van der Waals surface area contributed by atoms with Gasteiger partial charge in [0.05, 0.1) is 17.6 Å². The summed E-state index contributed by atoms with van der Waals surface area (Å²) in [5.74, 6) is -0.560. The van der Waals surface area contributed by atoms with Gasteiger partial charge in [0.1, 0.15) is 0 Å². The van der Waals surface area contributed by atoms with E-state index >= 15 is 0 Å². The molecule has 0 aromatic heterocycles. The second-order valence-corrected chi connectivity index (χ2v) is 9.40. The van der Waals surface area contributed by atoms with Crippen LogP contribution in [0.1, 0.15) is 60.8 Å². The number of ether oxygens (including phenoxy) is 1. The third-order valence-electron chi connectivity index (χ3n) is 4.53. The van der Waals surface area contributed by atoms with Crippen LogP contribution in [0.4, 0.5) is 0 Å². The van der Waals surface area contributed by atoms with Crippen molar-refractivity contribution >= 4 is 16.0 Å². The van der Waals surface area contributed by atoms with Gasteiger partial charge >= 0.3 is 5.97 Å². The number of hydrogen-bond acceptors (Lipinski definition) is 4. The van der Waals surface area contributed by atoms with Gasteiger partial charge < -0.3 is 4.74 Å². The second kappa shape index (κ2) is 7.82. The molecule has 6 heteroatoms. The average molecular weight is 390 g/mol. The molecular formula is C21H27NO4S. The van der Waals surface area contributed by atoms with Crippen LogP contribution < -0.4 is 4.72 Å². The first-order valence-electron chi connectivity index (χ1n) is 8.77. The highest BCUT2D eigenvalue weighted by Gasteiger charge is 2.21. The number of methoxy groups -OCH3 is 1. The Morgan fingerprint density at radius 3 is 2.19 bits per heavy atom. The molecule has 0 amide bonds. The molecule has 0 aliphatic rings. The minimum Gasteiger partial charge on any atom is -0.465 e. The molecule has 2 aromatic carbocycles. The number of sulfonamides is 1. The largest absolute Gasteiger partial charge is 0.465 e. The molecule has 0 saturated carbocycles. The number of aryl methyl sites for hydroxylation is 1. The lowest BCUT2D eigenvalue weighted by Crippen LogP contribution is -2.27. The summed E-state index contributed by atoms with van der Waals surface area (Å²) in [6.45, 7) is 9.91. The number of nitrogens with one attached hydrogen (secondary N) is 1. The number of hydrogen-bond donors (Lipinski definition) is 1. The zero-order valence-corrected chi connectivity index (χ0v) is 17.5. The van der Waals surface area contributed by atoms with Gasteiger partial charge in [0.25, 0.3) is 0 Å². The summed E-state index contributed by atoms with van der Waals surface area (Å²) in [4.78, 5) is 11.9. The maximum atomic E-state index is 12.8. The number of esters is 1. The van der Waals surface area contributed by atoms with E-state index in [-0.39, 0.29) is 15.9 Å². The van der Waals surface area contributed by atoms with Crippen LogP contribution in [0, 0.1) is 6.92 Å². The number of carbonyl (C=O) groups excluding carboxylic acids is 1. The molecule has 0 aliphatic heterocycles. The lowest BCUT2D eigenvalue weighted by molar-refractivity contribution is 0.0599. The van der Waals surface area contributed by atoms with Crippen LogP contribution in [-0.4, -0.2) is 21.5 Å². The minimum atomic E-state index is -3.78. The molecule has 0 unspecified atom stereocenters. The zero-order chi connectivity index (χ0) is 20.4. The quantitative estimate of drug-likeness (QED) is 0.781. The molecule has 0 bridgehead atoms. The van der Waals surface area contributed by atoms with Crippen LogP contribution in [0.25, 0.3) is 0 Å². The van der Waals surface area contributed by atoms with Crippen LogP contribution in [-0.2, 0) is 20.2 Å². The second-order valence-electron chi connectivity index (χ2n) is 7.68. The predicted molar refractivity (Wildman–Crippen MR) is 106 cm³/mol. The first kappa shape index (κ1) is 21.1. The highest BCUT2D eigenvalue weighted by molar-refractivity contribution is 7.89. The van der Waals surface area contributed by atoms with Crippen molar-refractivity contribution < 1.29 is 17.9 Å². The Balaban J connectivity index is 2.27. The summed E-state index contributed by atoms with van der Waals surface area (Å²) in [6, 6.07) is 11.9. The normalized spacial score (nSPS) is 13.3. The Morgan fingerprint density at radius 1 is 1.07 bits per heavy atom. The van der Waals surface area contributed by atoms with E-state index in [1.165, 1.54) is 24.8 Å². The Bertz CT molecular complexity index is 926. The molecular weight excluding hydrogens is 362 g/mol. The molecule has 5 nitrogen and oxygen atoms in total. The van der Waals surface area contributed by atoms with E-state index in [2.05, 4.69) is 25.5 Å². The fourth-order valence-electron chi connectivity index (χ4n) is 2.74. The highest BCUT2D eigenvalue weighted by atomic mass is 32.2. The van der Waals surface area contributed by atoms with Gasteiger partial charge in [-0.2, -0.15) is 0 Å². The molecule has 146 valence electrons. The SMILES string of the molecule is COC(=O)c1cc(S(=O)(=O)N[C@@H](C)c2ccc(C(C)(C)C)cc2)ccc1C. The molecule has 27 heavy (non-hydrogen) atoms. The van der Waals surface area contributed by atoms with Crippen LogP contribution in [0.2, 0.25) is 0 Å². The fourth-order valence-corrected chi connectivity index (χ4v) is 4.00. The molecule has 0 aliphatic carbocycles. The molecule has 2 rings (SSSR count). The Labute approximate surface area is 161 Å². The first-order valence-corrected chi connectivity index (χ1v) is 10.3. The van der Waals surface area contributed by atoms with Crippen LogP contribution in [0.3, 0.4) is 0 Å². The Kier molecular flexibility index (Phi) is 6.12. The maximum absolute atomic E-state index is 12.8. The van der Waals surface area contributed by atoms with E-state index in [4.69, 9.17) is 4.74 Å². The van der Waals surface area contributed by atoms with Crippen molar-refractivity contribution in [2.45, 2.75) is 51.0 Å². The fraction of sp³-hybridized carbons (Fsp3) is 0.381. The predicted octanol–water partition coefficient (Wildman–Crippen LogP) is 4.12. The summed E-state index contributed by atoms with van der Waals surface area (Å²) in [7, 11) is -2.52. The Morgan fingerprint density at radius 2 is 1.67 bits per heavy atom. The third-order valence-corrected chi connectivity index (χ3v) is 6.07. The molecule has 0 fully saturated rings. The summed E-state index contributed by atoms with van der Waals surface area (Å²) in [6.07, 6.45) is 0. The average Bonchev–Trinajstić information content (AvgIpc) is 2.60. The minimum absolute atomic E-state index is 0.0339. The molecule has 0 spiro atoms. The monoisotopic (exact) mass is 389 g/mol. The molecule has 0 heterocycles. The molecule has 2 aromatic rings. The molecule has 1 N–H and O–H groups in total. The van der Waals surface area contributed by atoms with E-state index in [9.17, 15) is 13.2 Å². The highest BCUT2D eigenvalue weighted by Crippen LogP contribution is 2.25. The van der Waals surface area contributed by atoms with Crippen molar-refractivity contribution in [1.82, 2.24) is 4.72 Å². The third kappa shape index (κ3) is 4.96. The Hall–Kier alpha value is -2.18. The van der Waals surface area contributed by atoms with Crippen molar-refractivity contribution in [3.05, 3.63) is 64.7 Å². The summed E-state index contributed by atoms with van der Waals surface area (Å²) in [5, 5.41) is 0. The number of benzene rings is 2. The van der Waals surface area contributed by atoms with Crippen molar-refractivity contribution in [3.8, 4) is 0 Å². The van der Waals surface area contributed by atoms with Gasteiger partial charge in [-0.15, -0.1) is 0 Å². The standard InChI is InChI=1S/C21H27NO4S/c1-14-7-12-18(13-19(14)20(23)26-6)27(24,25)22-15(2)16-8-10-17(11-9-16)21(3,4)5/h7-13,15,22H,1-6H3/t15-/m0/s1. The first-order chi connectivity index (χ1) is 12.5. The lowest BCUT2D eigenvalue weighted by atomic mass is 9.86. The number of carbonyl (C=O) groups is 1.